The third-order valence-electron chi connectivity index (χ3n) is 8.63. The van der Waals surface area contributed by atoms with E-state index >= 15 is 0 Å². The van der Waals surface area contributed by atoms with Crippen molar-refractivity contribution in [2.75, 3.05) is 26.3 Å². The molecule has 0 aromatic rings. The maximum atomic E-state index is 14.7. The van der Waals surface area contributed by atoms with Gasteiger partial charge in [-0.15, -0.1) is 18.3 Å². The van der Waals surface area contributed by atoms with Gasteiger partial charge in [-0.1, -0.05) is 39.7 Å². The number of esters is 1. The first-order chi connectivity index (χ1) is 17.7. The molecule has 38 heavy (non-hydrogen) atoms. The summed E-state index contributed by atoms with van der Waals surface area (Å²) in [6, 6.07) is -0.622. The molecule has 3 heterocycles. The maximum absolute atomic E-state index is 14.7. The molecular weight excluding hydrogens is 500 g/mol. The first kappa shape index (κ1) is 31.0. The van der Waals surface area contributed by atoms with Crippen molar-refractivity contribution in [1.29, 1.82) is 0 Å². The average Bonchev–Trinajstić information content (AvgIpc) is 3.36. The van der Waals surface area contributed by atoms with Crippen molar-refractivity contribution in [2.24, 2.45) is 17.3 Å². The summed E-state index contributed by atoms with van der Waals surface area (Å²) in [6.45, 7) is 19.9. The zero-order chi connectivity index (χ0) is 28.5. The highest BCUT2D eigenvalue weighted by atomic mass is 32.2. The Labute approximate surface area is 234 Å². The lowest BCUT2D eigenvalue weighted by Gasteiger charge is -2.46. The summed E-state index contributed by atoms with van der Waals surface area (Å²) in [7, 11) is 0. The van der Waals surface area contributed by atoms with Crippen LogP contribution in [0.5, 0.6) is 0 Å². The van der Waals surface area contributed by atoms with Crippen LogP contribution in [0.1, 0.15) is 93.4 Å². The van der Waals surface area contributed by atoms with Crippen LogP contribution in [-0.4, -0.2) is 80.1 Å². The molecule has 3 aliphatic heterocycles. The number of ether oxygens (including phenoxy) is 1. The number of hydrogen-bond acceptors (Lipinski definition) is 6. The van der Waals surface area contributed by atoms with Gasteiger partial charge in [0.2, 0.25) is 11.8 Å². The number of unbranched alkanes of at least 4 members (excludes halogenated alkanes) is 3. The van der Waals surface area contributed by atoms with E-state index in [0.29, 0.717) is 13.1 Å². The Kier molecular flexibility index (Phi) is 9.40. The van der Waals surface area contributed by atoms with E-state index in [1.54, 1.807) is 29.7 Å². The van der Waals surface area contributed by atoms with Gasteiger partial charge in [-0.05, 0) is 65.2 Å². The van der Waals surface area contributed by atoms with E-state index in [1.807, 2.05) is 4.90 Å². The number of aliphatic hydroxyl groups is 1. The van der Waals surface area contributed by atoms with Gasteiger partial charge in [0.05, 0.1) is 23.2 Å². The lowest BCUT2D eigenvalue weighted by molar-refractivity contribution is -0.155. The first-order valence-electron chi connectivity index (χ1n) is 14.4. The third kappa shape index (κ3) is 5.67. The molecule has 1 spiro atoms. The Morgan fingerprint density at radius 3 is 2.42 bits per heavy atom. The van der Waals surface area contributed by atoms with Gasteiger partial charge >= 0.3 is 5.97 Å². The number of likely N-dealkylation sites (tertiary alicyclic amines) is 1. The van der Waals surface area contributed by atoms with Gasteiger partial charge in [-0.25, -0.2) is 0 Å². The summed E-state index contributed by atoms with van der Waals surface area (Å²) in [4.78, 5) is 45.9. The van der Waals surface area contributed by atoms with Crippen molar-refractivity contribution in [3.8, 4) is 0 Å². The molecular formula is C30H50N2O5S. The van der Waals surface area contributed by atoms with E-state index in [0.717, 1.165) is 44.9 Å². The monoisotopic (exact) mass is 550 g/mol. The minimum absolute atomic E-state index is 0.00492. The zero-order valence-corrected chi connectivity index (χ0v) is 25.5. The molecule has 3 rings (SSSR count). The van der Waals surface area contributed by atoms with Crippen LogP contribution in [0.15, 0.2) is 12.7 Å². The minimum Gasteiger partial charge on any atom is -0.466 e. The van der Waals surface area contributed by atoms with Crippen molar-refractivity contribution < 1.29 is 24.2 Å². The first-order valence-corrected chi connectivity index (χ1v) is 15.2. The molecule has 2 bridgehead atoms. The molecule has 5 atom stereocenters. The van der Waals surface area contributed by atoms with Crippen LogP contribution in [0.2, 0.25) is 0 Å². The summed E-state index contributed by atoms with van der Waals surface area (Å²) >= 11 is 1.69. The lowest BCUT2D eigenvalue weighted by atomic mass is 9.66. The fourth-order valence-corrected chi connectivity index (χ4v) is 9.93. The molecule has 0 aliphatic carbocycles. The summed E-state index contributed by atoms with van der Waals surface area (Å²) in [6.07, 6.45) is 7.34. The molecule has 0 aromatic carbocycles. The molecule has 8 heteroatoms. The van der Waals surface area contributed by atoms with Gasteiger partial charge in [0.1, 0.15) is 6.04 Å². The predicted octanol–water partition coefficient (Wildman–Crippen LogP) is 4.81. The van der Waals surface area contributed by atoms with Gasteiger partial charge in [0.15, 0.2) is 0 Å². The smallest absolute Gasteiger partial charge is 0.311 e. The second-order valence-electron chi connectivity index (χ2n) is 13.4. The molecule has 3 aliphatic rings. The summed E-state index contributed by atoms with van der Waals surface area (Å²) < 4.78 is 4.44. The van der Waals surface area contributed by atoms with E-state index in [4.69, 9.17) is 9.84 Å². The lowest BCUT2D eigenvalue weighted by Crippen LogP contribution is -2.60. The molecule has 0 saturated carbocycles. The van der Waals surface area contributed by atoms with Crippen LogP contribution in [0.3, 0.4) is 0 Å². The molecule has 2 unspecified atom stereocenters. The molecule has 2 amide bonds. The second-order valence-corrected chi connectivity index (χ2v) is 15.3. The standard InChI is InChI=1S/C30H50N2O5S/c1-9-17-32(28(6,7)20-27(3,4)5)25(35)23-30-16-15-29(8,38-30)22(26(36)37-10-2)21(30)24(34)31(23)18-13-11-12-14-19-33/h9,21-23,33H,1,10-20H2,2-8H3/t21-,22+,23?,29-,30?/m0/s1. The Morgan fingerprint density at radius 1 is 1.18 bits per heavy atom. The van der Waals surface area contributed by atoms with Crippen LogP contribution in [-0.2, 0) is 19.1 Å². The van der Waals surface area contributed by atoms with Gasteiger partial charge < -0.3 is 19.6 Å². The molecule has 7 nitrogen and oxygen atoms in total. The minimum atomic E-state index is -0.636. The zero-order valence-electron chi connectivity index (χ0n) is 24.7. The van der Waals surface area contributed by atoms with Gasteiger partial charge in [0, 0.05) is 30.0 Å². The number of fused-ring (bicyclic) bond motifs is 1. The summed E-state index contributed by atoms with van der Waals surface area (Å²) in [5.41, 5.74) is -0.440. The second kappa shape index (κ2) is 11.5. The summed E-state index contributed by atoms with van der Waals surface area (Å²) in [5, 5.41) is 9.16. The third-order valence-corrected chi connectivity index (χ3v) is 10.6. The Morgan fingerprint density at radius 2 is 1.84 bits per heavy atom. The highest BCUT2D eigenvalue weighted by Crippen LogP contribution is 2.71. The quantitative estimate of drug-likeness (QED) is 0.201. The number of carbonyl (C=O) groups is 3. The fraction of sp³-hybridized carbons (Fsp3) is 0.833. The number of rotatable bonds is 13. The Bertz CT molecular complexity index is 915. The van der Waals surface area contributed by atoms with E-state index < -0.39 is 32.9 Å². The fourth-order valence-electron chi connectivity index (χ4n) is 7.59. The van der Waals surface area contributed by atoms with Gasteiger partial charge in [-0.2, -0.15) is 0 Å². The Hall–Kier alpha value is -1.54. The highest BCUT2D eigenvalue weighted by Gasteiger charge is 2.77. The molecule has 0 aromatic heterocycles. The van der Waals surface area contributed by atoms with E-state index in [1.165, 1.54) is 0 Å². The van der Waals surface area contributed by atoms with Crippen molar-refractivity contribution in [3.63, 3.8) is 0 Å². The molecule has 3 saturated heterocycles. The Balaban J connectivity index is 2.04. The van der Waals surface area contributed by atoms with Crippen LogP contribution >= 0.6 is 11.8 Å². The normalized spacial score (nSPS) is 30.5. The number of hydrogen-bond donors (Lipinski definition) is 1. The van der Waals surface area contributed by atoms with E-state index in [2.05, 4.69) is 48.1 Å². The van der Waals surface area contributed by atoms with Crippen molar-refractivity contribution in [1.82, 2.24) is 9.80 Å². The molecule has 216 valence electrons. The van der Waals surface area contributed by atoms with Gasteiger partial charge in [0.25, 0.3) is 0 Å². The number of carbonyl (C=O) groups excluding carboxylic acids is 3. The topological polar surface area (TPSA) is 87.2 Å². The highest BCUT2D eigenvalue weighted by molar-refractivity contribution is 8.02. The largest absolute Gasteiger partial charge is 0.466 e. The predicted molar refractivity (Wildman–Crippen MR) is 153 cm³/mol. The van der Waals surface area contributed by atoms with Crippen molar-refractivity contribution >= 4 is 29.5 Å². The number of amides is 2. The average molecular weight is 551 g/mol. The maximum Gasteiger partial charge on any atom is 0.311 e. The number of thioether (sulfide) groups is 1. The number of nitrogens with zero attached hydrogens (tertiary/aromatic N) is 2. The SMILES string of the molecule is C=CCN(C(=O)C1N(CCCCCCO)C(=O)[C@@H]2[C@H](C(=O)OCC)[C@]3(C)CCC12S3)C(C)(C)CC(C)(C)C. The van der Waals surface area contributed by atoms with Crippen LogP contribution in [0, 0.1) is 17.3 Å². The number of aliphatic hydroxyl groups excluding tert-OH is 1. The van der Waals surface area contributed by atoms with Crippen molar-refractivity contribution in [3.05, 3.63) is 12.7 Å². The van der Waals surface area contributed by atoms with Crippen LogP contribution < -0.4 is 0 Å². The van der Waals surface area contributed by atoms with Crippen LogP contribution in [0.4, 0.5) is 0 Å². The van der Waals surface area contributed by atoms with E-state index in [-0.39, 0.29) is 36.4 Å². The van der Waals surface area contributed by atoms with Gasteiger partial charge in [-0.3, -0.25) is 14.4 Å². The summed E-state index contributed by atoms with van der Waals surface area (Å²) in [5.74, 6) is -1.51. The van der Waals surface area contributed by atoms with Crippen LogP contribution in [0.25, 0.3) is 0 Å². The molecule has 1 N–H and O–H groups in total. The molecule has 0 radical (unpaired) electrons. The van der Waals surface area contributed by atoms with E-state index in [9.17, 15) is 14.4 Å². The molecule has 3 fully saturated rings. The van der Waals surface area contributed by atoms with Crippen molar-refractivity contribution in [2.45, 2.75) is 114 Å².